The molecule has 0 saturated carbocycles. The van der Waals surface area contributed by atoms with Gasteiger partial charge in [-0.3, -0.25) is 9.00 Å². The van der Waals surface area contributed by atoms with E-state index in [1.165, 1.54) is 12.1 Å². The van der Waals surface area contributed by atoms with E-state index in [4.69, 9.17) is 9.47 Å². The van der Waals surface area contributed by atoms with Crippen molar-refractivity contribution in [2.75, 3.05) is 6.79 Å². The van der Waals surface area contributed by atoms with Gasteiger partial charge < -0.3 is 14.8 Å². The molecule has 0 spiro atoms. The molecule has 1 aromatic carbocycles. The van der Waals surface area contributed by atoms with Gasteiger partial charge in [0.1, 0.15) is 16.8 Å². The fraction of sp³-hybridized carbons (Fsp3) is 0.562. The highest BCUT2D eigenvalue weighted by Crippen LogP contribution is 2.30. The van der Waals surface area contributed by atoms with Gasteiger partial charge in [0.05, 0.1) is 12.4 Å². The van der Waals surface area contributed by atoms with Gasteiger partial charge >= 0.3 is 0 Å². The summed E-state index contributed by atoms with van der Waals surface area (Å²) < 4.78 is 36.7. The molecule has 0 fully saturated rings. The Balaban J connectivity index is 2.14. The second-order valence-corrected chi connectivity index (χ2v) is 8.33. The molecule has 5 nitrogen and oxygen atoms in total. The van der Waals surface area contributed by atoms with Gasteiger partial charge in [-0.2, -0.15) is 0 Å². The number of halogens is 1. The predicted molar refractivity (Wildman–Crippen MR) is 85.9 cm³/mol. The lowest BCUT2D eigenvalue weighted by Gasteiger charge is -2.24. The minimum Gasteiger partial charge on any atom is -0.467 e. The van der Waals surface area contributed by atoms with Crippen molar-refractivity contribution >= 4 is 16.7 Å². The molecule has 23 heavy (non-hydrogen) atoms. The van der Waals surface area contributed by atoms with Crippen LogP contribution in [0.15, 0.2) is 12.1 Å². The van der Waals surface area contributed by atoms with E-state index in [1.807, 2.05) is 20.8 Å². The molecule has 0 bridgehead atoms. The largest absolute Gasteiger partial charge is 0.467 e. The fourth-order valence-corrected chi connectivity index (χ4v) is 3.30. The van der Waals surface area contributed by atoms with Crippen LogP contribution in [0.5, 0.6) is 5.75 Å². The van der Waals surface area contributed by atoms with Gasteiger partial charge in [-0.15, -0.1) is 0 Å². The Hall–Kier alpha value is -1.47. The summed E-state index contributed by atoms with van der Waals surface area (Å²) >= 11 is 0. The number of rotatable bonds is 4. The van der Waals surface area contributed by atoms with Crippen molar-refractivity contribution in [2.24, 2.45) is 0 Å². The lowest BCUT2D eigenvalue weighted by molar-refractivity contribution is -0.121. The number of hydrogen-bond acceptors (Lipinski definition) is 4. The van der Waals surface area contributed by atoms with Crippen LogP contribution in [-0.2, 0) is 32.7 Å². The van der Waals surface area contributed by atoms with E-state index in [1.54, 1.807) is 6.92 Å². The summed E-state index contributed by atoms with van der Waals surface area (Å²) in [5, 5.41) is 2.10. The minimum atomic E-state index is -1.49. The number of carbonyl (C=O) groups excluding carboxylic acids is 1. The molecule has 1 aliphatic heterocycles. The normalized spacial score (nSPS) is 16.9. The number of benzene rings is 1. The number of fused-ring (bicyclic) bond motifs is 1. The highest BCUT2D eigenvalue weighted by molar-refractivity contribution is 7.85. The first-order valence-electron chi connectivity index (χ1n) is 7.38. The first kappa shape index (κ1) is 17.9. The van der Waals surface area contributed by atoms with Gasteiger partial charge in [-0.05, 0) is 39.8 Å². The maximum absolute atomic E-state index is 13.7. The van der Waals surface area contributed by atoms with Crippen LogP contribution in [0.4, 0.5) is 4.39 Å². The lowest BCUT2D eigenvalue weighted by Crippen LogP contribution is -2.46. The summed E-state index contributed by atoms with van der Waals surface area (Å²) in [5.41, 5.74) is 0.695. The van der Waals surface area contributed by atoms with Crippen molar-refractivity contribution < 1.29 is 22.9 Å². The van der Waals surface area contributed by atoms with E-state index in [2.05, 4.69) is 5.32 Å². The first-order chi connectivity index (χ1) is 10.7. The van der Waals surface area contributed by atoms with Crippen molar-refractivity contribution in [1.29, 1.82) is 0 Å². The molecule has 0 unspecified atom stereocenters. The van der Waals surface area contributed by atoms with Gasteiger partial charge in [-0.25, -0.2) is 4.39 Å². The summed E-state index contributed by atoms with van der Waals surface area (Å²) in [6.07, 6.45) is 0. The van der Waals surface area contributed by atoms with Gasteiger partial charge in [0.25, 0.3) is 0 Å². The number of amides is 1. The molecular formula is C16H22FNO4S. The molecule has 1 amide bonds. The zero-order valence-corrected chi connectivity index (χ0v) is 14.6. The Morgan fingerprint density at radius 3 is 2.78 bits per heavy atom. The molecule has 0 aliphatic carbocycles. The second kappa shape index (κ2) is 6.97. The fourth-order valence-electron chi connectivity index (χ4n) is 2.23. The smallest absolute Gasteiger partial charge is 0.235 e. The third-order valence-electron chi connectivity index (χ3n) is 3.31. The summed E-state index contributed by atoms with van der Waals surface area (Å²) in [6, 6.07) is 2.65. The van der Waals surface area contributed by atoms with Gasteiger partial charge in [-0.1, -0.05) is 0 Å². The van der Waals surface area contributed by atoms with Crippen LogP contribution in [0, 0.1) is 5.82 Å². The maximum atomic E-state index is 13.7. The maximum Gasteiger partial charge on any atom is 0.235 e. The van der Waals surface area contributed by atoms with Crippen LogP contribution >= 0.6 is 0 Å². The highest BCUT2D eigenvalue weighted by Gasteiger charge is 2.26. The molecule has 7 heteroatoms. The molecule has 1 aromatic rings. The van der Waals surface area contributed by atoms with Gasteiger partial charge in [0.15, 0.2) is 6.79 Å². The molecule has 0 saturated heterocycles. The molecule has 128 valence electrons. The average molecular weight is 343 g/mol. The van der Waals surface area contributed by atoms with E-state index >= 15 is 0 Å². The number of hydrogen-bond donors (Lipinski definition) is 1. The molecule has 1 N–H and O–H groups in total. The molecule has 0 aromatic heterocycles. The lowest BCUT2D eigenvalue weighted by atomic mass is 10.1. The number of carbonyl (C=O) groups is 1. The van der Waals surface area contributed by atoms with E-state index in [9.17, 15) is 13.4 Å². The van der Waals surface area contributed by atoms with Crippen molar-refractivity contribution in [1.82, 2.24) is 5.32 Å². The standard InChI is InChI=1S/C16H22FNO4S/c1-10(15(19)18-16(2,3)4)23(20)8-12-6-13(17)5-11-7-21-9-22-14(11)12/h5-6,10H,7-9H2,1-4H3,(H,18,19)/t10-,23+/m1/s1. The summed E-state index contributed by atoms with van der Waals surface area (Å²) in [6.45, 7) is 7.52. The summed E-state index contributed by atoms with van der Waals surface area (Å²) in [5.74, 6) is -0.157. The van der Waals surface area contributed by atoms with Crippen molar-refractivity contribution in [2.45, 2.75) is 50.8 Å². The molecular weight excluding hydrogens is 321 g/mol. The van der Waals surface area contributed by atoms with Crippen LogP contribution in [0.1, 0.15) is 38.8 Å². The molecule has 0 radical (unpaired) electrons. The minimum absolute atomic E-state index is 0.0544. The quantitative estimate of drug-likeness (QED) is 0.911. The monoisotopic (exact) mass is 343 g/mol. The predicted octanol–water partition coefficient (Wildman–Crippen LogP) is 2.24. The highest BCUT2D eigenvalue weighted by atomic mass is 32.2. The van der Waals surface area contributed by atoms with Crippen LogP contribution in [0.3, 0.4) is 0 Å². The SMILES string of the molecule is C[C@H](C(=O)NC(C)(C)C)[S@@](=O)Cc1cc(F)cc2c1OCOC2. The molecule has 1 aliphatic rings. The Kier molecular flexibility index (Phi) is 5.41. The van der Waals surface area contributed by atoms with Gasteiger partial charge in [0.2, 0.25) is 5.91 Å². The van der Waals surface area contributed by atoms with E-state index in [-0.39, 0.29) is 25.1 Å². The summed E-state index contributed by atoms with van der Waals surface area (Å²) in [7, 11) is -1.49. The Labute approximate surface area is 138 Å². The van der Waals surface area contributed by atoms with Crippen molar-refractivity contribution in [3.63, 3.8) is 0 Å². The zero-order valence-electron chi connectivity index (χ0n) is 13.8. The van der Waals surface area contributed by atoms with Crippen LogP contribution < -0.4 is 10.1 Å². The van der Waals surface area contributed by atoms with Crippen molar-refractivity contribution in [3.8, 4) is 5.75 Å². The first-order valence-corrected chi connectivity index (χ1v) is 8.76. The van der Waals surface area contributed by atoms with Gasteiger partial charge in [0, 0.05) is 27.5 Å². The molecule has 2 atom stereocenters. The molecule has 2 rings (SSSR count). The van der Waals surface area contributed by atoms with Crippen molar-refractivity contribution in [3.05, 3.63) is 29.1 Å². The Morgan fingerprint density at radius 2 is 2.13 bits per heavy atom. The third kappa shape index (κ3) is 4.75. The zero-order chi connectivity index (χ0) is 17.2. The molecule has 1 heterocycles. The summed E-state index contributed by atoms with van der Waals surface area (Å²) in [4.78, 5) is 12.1. The second-order valence-electron chi connectivity index (χ2n) is 6.57. The van der Waals surface area contributed by atoms with E-state index < -0.39 is 27.4 Å². The van der Waals surface area contributed by atoms with Crippen LogP contribution in [0.25, 0.3) is 0 Å². The number of nitrogens with one attached hydrogen (secondary N) is 1. The third-order valence-corrected chi connectivity index (χ3v) is 4.91. The van der Waals surface area contributed by atoms with Crippen LogP contribution in [-0.4, -0.2) is 27.7 Å². The topological polar surface area (TPSA) is 64.6 Å². The van der Waals surface area contributed by atoms with Crippen LogP contribution in [0.2, 0.25) is 0 Å². The Bertz CT molecular complexity index is 627. The average Bonchev–Trinajstić information content (AvgIpc) is 2.44. The number of ether oxygens (including phenoxy) is 2. The van der Waals surface area contributed by atoms with E-state index in [0.29, 0.717) is 16.9 Å². The Morgan fingerprint density at radius 1 is 1.43 bits per heavy atom. The van der Waals surface area contributed by atoms with E-state index in [0.717, 1.165) is 0 Å².